The fourth-order valence-electron chi connectivity index (χ4n) is 3.53. The molecule has 3 heterocycles. The summed E-state index contributed by atoms with van der Waals surface area (Å²) in [5, 5.41) is 0.796. The van der Waals surface area contributed by atoms with Crippen molar-refractivity contribution in [2.24, 2.45) is 0 Å². The van der Waals surface area contributed by atoms with E-state index >= 15 is 0 Å². The first-order valence-electron chi connectivity index (χ1n) is 9.87. The molecule has 3 aromatic heterocycles. The highest BCUT2D eigenvalue weighted by atomic mass is 16.5. The zero-order valence-electron chi connectivity index (χ0n) is 17.4. The first kappa shape index (κ1) is 20.6. The van der Waals surface area contributed by atoms with Crippen LogP contribution < -0.4 is 15.1 Å². The van der Waals surface area contributed by atoms with Crippen molar-refractivity contribution in [2.45, 2.75) is 19.6 Å². The lowest BCUT2D eigenvalue weighted by atomic mass is 10.1. The average molecular weight is 417 g/mol. The van der Waals surface area contributed by atoms with E-state index in [9.17, 15) is 4.79 Å². The lowest BCUT2D eigenvalue weighted by Crippen LogP contribution is -2.24. The summed E-state index contributed by atoms with van der Waals surface area (Å²) < 4.78 is 16.2. The van der Waals surface area contributed by atoms with E-state index in [4.69, 9.17) is 13.9 Å². The molecule has 0 saturated carbocycles. The second-order valence-corrected chi connectivity index (χ2v) is 7.08. The molecule has 4 aromatic rings. The van der Waals surface area contributed by atoms with Crippen LogP contribution in [-0.4, -0.2) is 29.1 Å². The van der Waals surface area contributed by atoms with Gasteiger partial charge >= 0.3 is 5.63 Å². The van der Waals surface area contributed by atoms with Gasteiger partial charge in [-0.25, -0.2) is 4.79 Å². The number of nitrogens with zero attached hydrogens (tertiary/aromatic N) is 3. The Morgan fingerprint density at radius 3 is 2.00 bits per heavy atom. The van der Waals surface area contributed by atoms with Crippen molar-refractivity contribution in [1.29, 1.82) is 0 Å². The Balaban J connectivity index is 1.73. The molecule has 1 aromatic carbocycles. The molecule has 0 fully saturated rings. The number of pyridine rings is 2. The van der Waals surface area contributed by atoms with Crippen LogP contribution in [0.2, 0.25) is 0 Å². The maximum Gasteiger partial charge on any atom is 0.336 e. The van der Waals surface area contributed by atoms with Gasteiger partial charge in [-0.15, -0.1) is 0 Å². The molecular formula is C24H23N3O4. The van der Waals surface area contributed by atoms with Crippen LogP contribution in [0.15, 0.2) is 76.2 Å². The maximum absolute atomic E-state index is 12.3. The second kappa shape index (κ2) is 9.40. The molecule has 0 spiro atoms. The standard InChI is InChI=1S/C24H23N3O4/c1-29-22-12-20-17(11-24(28)31-21(20)13-23(22)30-2)14-27(15-18-7-3-5-9-25-18)16-19-8-4-6-10-26-19/h3-13H,14-16H2,1-2H3. The van der Waals surface area contributed by atoms with Gasteiger partial charge in [0.05, 0.1) is 25.6 Å². The Bertz CT molecular complexity index is 1170. The van der Waals surface area contributed by atoms with Crippen LogP contribution in [0.1, 0.15) is 17.0 Å². The number of hydrogen-bond acceptors (Lipinski definition) is 7. The molecule has 0 bridgehead atoms. The number of benzene rings is 1. The Morgan fingerprint density at radius 1 is 0.839 bits per heavy atom. The molecule has 0 radical (unpaired) electrons. The van der Waals surface area contributed by atoms with Gasteiger partial charge in [0, 0.05) is 49.5 Å². The monoisotopic (exact) mass is 417 g/mol. The van der Waals surface area contributed by atoms with E-state index in [-0.39, 0.29) is 0 Å². The molecule has 4 rings (SSSR count). The highest BCUT2D eigenvalue weighted by molar-refractivity contribution is 5.84. The highest BCUT2D eigenvalue weighted by Gasteiger charge is 2.16. The van der Waals surface area contributed by atoms with Gasteiger partial charge in [-0.1, -0.05) is 12.1 Å². The van der Waals surface area contributed by atoms with Crippen molar-refractivity contribution >= 4 is 11.0 Å². The van der Waals surface area contributed by atoms with E-state index in [1.165, 1.54) is 6.07 Å². The summed E-state index contributed by atoms with van der Waals surface area (Å²) >= 11 is 0. The molecule has 0 aliphatic carbocycles. The SMILES string of the molecule is COc1cc2oc(=O)cc(CN(Cc3ccccn3)Cc3ccccn3)c2cc1OC. The molecular weight excluding hydrogens is 394 g/mol. The van der Waals surface area contributed by atoms with Crippen LogP contribution in [0.4, 0.5) is 0 Å². The predicted molar refractivity (Wildman–Crippen MR) is 117 cm³/mol. The molecule has 0 aliphatic heterocycles. The molecule has 0 aliphatic rings. The highest BCUT2D eigenvalue weighted by Crippen LogP contribution is 2.33. The number of ether oxygens (including phenoxy) is 2. The minimum atomic E-state index is -0.412. The van der Waals surface area contributed by atoms with Crippen LogP contribution >= 0.6 is 0 Å². The van der Waals surface area contributed by atoms with E-state index in [1.807, 2.05) is 42.5 Å². The Morgan fingerprint density at radius 2 is 1.45 bits per heavy atom. The molecule has 31 heavy (non-hydrogen) atoms. The van der Waals surface area contributed by atoms with E-state index in [0.717, 1.165) is 22.3 Å². The number of rotatable bonds is 8. The van der Waals surface area contributed by atoms with E-state index in [2.05, 4.69) is 14.9 Å². The maximum atomic E-state index is 12.3. The van der Waals surface area contributed by atoms with E-state index in [1.54, 1.807) is 32.7 Å². The Kier molecular flexibility index (Phi) is 6.24. The quantitative estimate of drug-likeness (QED) is 0.404. The third-order valence-corrected chi connectivity index (χ3v) is 4.95. The van der Waals surface area contributed by atoms with Crippen molar-refractivity contribution < 1.29 is 13.9 Å². The zero-order chi connectivity index (χ0) is 21.6. The number of methoxy groups -OCH3 is 2. The fraction of sp³-hybridized carbons (Fsp3) is 0.208. The summed E-state index contributed by atoms with van der Waals surface area (Å²) in [4.78, 5) is 23.4. The first-order chi connectivity index (χ1) is 15.2. The largest absolute Gasteiger partial charge is 0.493 e. The molecule has 7 heteroatoms. The predicted octanol–water partition coefficient (Wildman–Crippen LogP) is 3.80. The lowest BCUT2D eigenvalue weighted by molar-refractivity contribution is 0.242. The fourth-order valence-corrected chi connectivity index (χ4v) is 3.53. The molecule has 158 valence electrons. The van der Waals surface area contributed by atoms with Gasteiger partial charge < -0.3 is 13.9 Å². The van der Waals surface area contributed by atoms with Crippen molar-refractivity contribution in [3.05, 3.63) is 94.4 Å². The molecule has 0 unspecified atom stereocenters. The smallest absolute Gasteiger partial charge is 0.336 e. The van der Waals surface area contributed by atoms with Crippen molar-refractivity contribution in [3.63, 3.8) is 0 Å². The van der Waals surface area contributed by atoms with Gasteiger partial charge in [0.1, 0.15) is 5.58 Å². The van der Waals surface area contributed by atoms with Gasteiger partial charge in [-0.2, -0.15) is 0 Å². The molecule has 0 amide bonds. The van der Waals surface area contributed by atoms with Crippen LogP contribution in [0.5, 0.6) is 11.5 Å². The summed E-state index contributed by atoms with van der Waals surface area (Å²) in [7, 11) is 3.13. The van der Waals surface area contributed by atoms with Crippen LogP contribution in [0, 0.1) is 0 Å². The lowest BCUT2D eigenvalue weighted by Gasteiger charge is -2.22. The third kappa shape index (κ3) is 4.90. The Hall–Kier alpha value is -3.71. The molecule has 0 saturated heterocycles. The van der Waals surface area contributed by atoms with Crippen molar-refractivity contribution in [3.8, 4) is 11.5 Å². The minimum absolute atomic E-state index is 0.412. The van der Waals surface area contributed by atoms with Crippen molar-refractivity contribution in [1.82, 2.24) is 14.9 Å². The summed E-state index contributed by atoms with van der Waals surface area (Å²) in [5.74, 6) is 1.08. The van der Waals surface area contributed by atoms with E-state index in [0.29, 0.717) is 36.7 Å². The number of hydrogen-bond donors (Lipinski definition) is 0. The molecule has 0 atom stereocenters. The van der Waals surface area contributed by atoms with E-state index < -0.39 is 5.63 Å². The first-order valence-corrected chi connectivity index (χ1v) is 9.87. The average Bonchev–Trinajstić information content (AvgIpc) is 2.79. The summed E-state index contributed by atoms with van der Waals surface area (Å²) in [6.07, 6.45) is 3.55. The van der Waals surface area contributed by atoms with Gasteiger partial charge in [0.25, 0.3) is 0 Å². The summed E-state index contributed by atoms with van der Waals surface area (Å²) in [6, 6.07) is 16.7. The normalized spacial score (nSPS) is 11.1. The second-order valence-electron chi connectivity index (χ2n) is 7.08. The Labute approximate surface area is 179 Å². The third-order valence-electron chi connectivity index (χ3n) is 4.95. The molecule has 0 N–H and O–H groups in total. The minimum Gasteiger partial charge on any atom is -0.493 e. The van der Waals surface area contributed by atoms with Crippen molar-refractivity contribution in [2.75, 3.05) is 14.2 Å². The number of fused-ring (bicyclic) bond motifs is 1. The van der Waals surface area contributed by atoms with Gasteiger partial charge in [-0.05, 0) is 35.9 Å². The van der Waals surface area contributed by atoms with Gasteiger partial charge in [-0.3, -0.25) is 14.9 Å². The summed E-state index contributed by atoms with van der Waals surface area (Å²) in [5.41, 5.74) is 2.75. The van der Waals surface area contributed by atoms with Gasteiger partial charge in [0.2, 0.25) is 0 Å². The van der Waals surface area contributed by atoms with Crippen LogP contribution in [-0.2, 0) is 19.6 Å². The number of aromatic nitrogens is 2. The van der Waals surface area contributed by atoms with Crippen LogP contribution in [0.3, 0.4) is 0 Å². The van der Waals surface area contributed by atoms with Crippen LogP contribution in [0.25, 0.3) is 11.0 Å². The van der Waals surface area contributed by atoms with Gasteiger partial charge in [0.15, 0.2) is 11.5 Å². The summed E-state index contributed by atoms with van der Waals surface area (Å²) in [6.45, 7) is 1.71. The topological polar surface area (TPSA) is 77.7 Å². The molecule has 7 nitrogen and oxygen atoms in total. The zero-order valence-corrected chi connectivity index (χ0v) is 17.4.